The normalized spacial score (nSPS) is 32.3. The van der Waals surface area contributed by atoms with E-state index in [0.717, 1.165) is 0 Å². The molecule has 1 atom stereocenters. The van der Waals surface area contributed by atoms with Crippen LogP contribution in [-0.4, -0.2) is 18.0 Å². The van der Waals surface area contributed by atoms with Gasteiger partial charge in [-0.3, -0.25) is 4.79 Å². The molecule has 1 aliphatic rings. The molecule has 10 heavy (non-hydrogen) atoms. The fraction of sp³-hybridized carbons (Fsp3) is 0.875. The van der Waals surface area contributed by atoms with E-state index >= 15 is 0 Å². The lowest BCUT2D eigenvalue weighted by Gasteiger charge is -2.35. The maximum absolute atomic E-state index is 10.8. The van der Waals surface area contributed by atoms with Crippen LogP contribution in [0.1, 0.15) is 27.2 Å². The van der Waals surface area contributed by atoms with E-state index < -0.39 is 0 Å². The Morgan fingerprint density at radius 2 is 2.20 bits per heavy atom. The van der Waals surface area contributed by atoms with E-state index in [1.807, 2.05) is 13.8 Å². The lowest BCUT2D eigenvalue weighted by atomic mass is 9.86. The number of rotatable bonds is 0. The average molecular weight is 142 g/mol. The molecule has 0 radical (unpaired) electrons. The number of carbonyl (C=O) groups is 1. The van der Waals surface area contributed by atoms with Crippen molar-refractivity contribution in [1.29, 1.82) is 0 Å². The first kappa shape index (κ1) is 7.73. The highest BCUT2D eigenvalue weighted by Crippen LogP contribution is 2.27. The molecule has 2 heteroatoms. The fourth-order valence-electron chi connectivity index (χ4n) is 1.05. The minimum atomic E-state index is -0.103. The van der Waals surface area contributed by atoms with Gasteiger partial charge in [0.05, 0.1) is 5.60 Å². The number of hydrogen-bond donors (Lipinski definition) is 0. The molecule has 2 nitrogen and oxygen atoms in total. The Balaban J connectivity index is 2.60. The molecule has 1 heterocycles. The molecule has 0 bridgehead atoms. The van der Waals surface area contributed by atoms with Crippen molar-refractivity contribution in [1.82, 2.24) is 0 Å². The molecule has 0 aromatic rings. The summed E-state index contributed by atoms with van der Waals surface area (Å²) in [6, 6.07) is 0. The topological polar surface area (TPSA) is 26.3 Å². The van der Waals surface area contributed by atoms with Gasteiger partial charge in [0, 0.05) is 6.42 Å². The third kappa shape index (κ3) is 1.37. The van der Waals surface area contributed by atoms with Gasteiger partial charge in [-0.25, -0.2) is 0 Å². The predicted octanol–water partition coefficient (Wildman–Crippen LogP) is 1.39. The van der Waals surface area contributed by atoms with Crippen LogP contribution in [0, 0.1) is 5.92 Å². The van der Waals surface area contributed by atoms with Crippen molar-refractivity contribution >= 4 is 5.78 Å². The van der Waals surface area contributed by atoms with E-state index in [1.54, 1.807) is 0 Å². The average Bonchev–Trinajstić information content (AvgIpc) is 1.81. The molecule has 1 rings (SSSR count). The SMILES string of the molecule is CC1CC(=O)COC1(C)C. The van der Waals surface area contributed by atoms with Crippen molar-refractivity contribution in [2.24, 2.45) is 5.92 Å². The van der Waals surface area contributed by atoms with Crippen LogP contribution in [-0.2, 0) is 9.53 Å². The largest absolute Gasteiger partial charge is 0.368 e. The van der Waals surface area contributed by atoms with Crippen LogP contribution in [0.25, 0.3) is 0 Å². The molecule has 0 amide bonds. The van der Waals surface area contributed by atoms with Crippen LogP contribution in [0.5, 0.6) is 0 Å². The van der Waals surface area contributed by atoms with E-state index in [9.17, 15) is 4.79 Å². The summed E-state index contributed by atoms with van der Waals surface area (Å²) in [7, 11) is 0. The smallest absolute Gasteiger partial charge is 0.158 e. The molecule has 1 aliphatic heterocycles. The summed E-state index contributed by atoms with van der Waals surface area (Å²) in [6.45, 7) is 6.42. The standard InChI is InChI=1S/C8H14O2/c1-6-4-7(9)5-10-8(6,2)3/h6H,4-5H2,1-3H3. The summed E-state index contributed by atoms with van der Waals surface area (Å²) >= 11 is 0. The van der Waals surface area contributed by atoms with Crippen LogP contribution in [0.2, 0.25) is 0 Å². The highest BCUT2D eigenvalue weighted by molar-refractivity contribution is 5.80. The van der Waals surface area contributed by atoms with Gasteiger partial charge >= 0.3 is 0 Å². The zero-order valence-electron chi connectivity index (χ0n) is 6.81. The van der Waals surface area contributed by atoms with Crippen LogP contribution < -0.4 is 0 Å². The Morgan fingerprint density at radius 3 is 2.60 bits per heavy atom. The minimum absolute atomic E-state index is 0.103. The van der Waals surface area contributed by atoms with Crippen LogP contribution in [0.15, 0.2) is 0 Å². The van der Waals surface area contributed by atoms with E-state index in [1.165, 1.54) is 0 Å². The van der Waals surface area contributed by atoms with Crippen molar-refractivity contribution in [3.63, 3.8) is 0 Å². The van der Waals surface area contributed by atoms with Gasteiger partial charge < -0.3 is 4.74 Å². The molecular formula is C8H14O2. The van der Waals surface area contributed by atoms with Gasteiger partial charge in [-0.15, -0.1) is 0 Å². The second-order valence-corrected chi connectivity index (χ2v) is 3.54. The Kier molecular flexibility index (Phi) is 1.82. The number of Topliss-reactive ketones (excluding diaryl/α,β-unsaturated/α-hetero) is 1. The lowest BCUT2D eigenvalue weighted by molar-refractivity contribution is -0.146. The zero-order chi connectivity index (χ0) is 7.78. The minimum Gasteiger partial charge on any atom is -0.368 e. The summed E-state index contributed by atoms with van der Waals surface area (Å²) < 4.78 is 5.34. The second kappa shape index (κ2) is 2.35. The molecule has 1 fully saturated rings. The quantitative estimate of drug-likeness (QED) is 0.511. The third-order valence-corrected chi connectivity index (χ3v) is 2.33. The highest BCUT2D eigenvalue weighted by Gasteiger charge is 2.33. The van der Waals surface area contributed by atoms with Crippen molar-refractivity contribution in [2.75, 3.05) is 6.61 Å². The van der Waals surface area contributed by atoms with Crippen molar-refractivity contribution in [3.8, 4) is 0 Å². The van der Waals surface area contributed by atoms with E-state index in [-0.39, 0.29) is 11.4 Å². The highest BCUT2D eigenvalue weighted by atomic mass is 16.5. The number of carbonyl (C=O) groups excluding carboxylic acids is 1. The first-order valence-corrected chi connectivity index (χ1v) is 3.68. The van der Waals surface area contributed by atoms with Crippen LogP contribution >= 0.6 is 0 Å². The van der Waals surface area contributed by atoms with Gasteiger partial charge in [0.25, 0.3) is 0 Å². The fourth-order valence-corrected chi connectivity index (χ4v) is 1.05. The summed E-state index contributed by atoms with van der Waals surface area (Å²) in [6.07, 6.45) is 0.674. The lowest BCUT2D eigenvalue weighted by Crippen LogP contribution is -2.41. The summed E-state index contributed by atoms with van der Waals surface area (Å²) in [4.78, 5) is 10.8. The first-order valence-electron chi connectivity index (χ1n) is 3.68. The maximum atomic E-state index is 10.8. The number of ether oxygens (including phenoxy) is 1. The van der Waals surface area contributed by atoms with E-state index in [2.05, 4.69) is 6.92 Å². The monoisotopic (exact) mass is 142 g/mol. The molecule has 0 aromatic heterocycles. The van der Waals surface area contributed by atoms with Gasteiger partial charge in [-0.2, -0.15) is 0 Å². The third-order valence-electron chi connectivity index (χ3n) is 2.33. The van der Waals surface area contributed by atoms with Gasteiger partial charge in [-0.1, -0.05) is 6.92 Å². The molecular weight excluding hydrogens is 128 g/mol. The van der Waals surface area contributed by atoms with Gasteiger partial charge in [0.15, 0.2) is 5.78 Å². The molecule has 58 valence electrons. The molecule has 1 unspecified atom stereocenters. The first-order chi connectivity index (χ1) is 4.52. The Bertz CT molecular complexity index is 149. The summed E-state index contributed by atoms with van der Waals surface area (Å²) in [5, 5.41) is 0. The van der Waals surface area contributed by atoms with Crippen molar-refractivity contribution in [3.05, 3.63) is 0 Å². The van der Waals surface area contributed by atoms with Gasteiger partial charge in [0.1, 0.15) is 6.61 Å². The second-order valence-electron chi connectivity index (χ2n) is 3.54. The Morgan fingerprint density at radius 1 is 1.60 bits per heavy atom. The van der Waals surface area contributed by atoms with Crippen LogP contribution in [0.4, 0.5) is 0 Å². The summed E-state index contributed by atoms with van der Waals surface area (Å²) in [5.41, 5.74) is -0.103. The Hall–Kier alpha value is -0.370. The predicted molar refractivity (Wildman–Crippen MR) is 38.8 cm³/mol. The molecule has 0 saturated carbocycles. The maximum Gasteiger partial charge on any atom is 0.158 e. The molecule has 0 aliphatic carbocycles. The summed E-state index contributed by atoms with van der Waals surface area (Å²) in [5.74, 6) is 0.584. The Labute approximate surface area is 61.6 Å². The van der Waals surface area contributed by atoms with Crippen LogP contribution in [0.3, 0.4) is 0 Å². The number of hydrogen-bond acceptors (Lipinski definition) is 2. The van der Waals surface area contributed by atoms with Gasteiger partial charge in [0.2, 0.25) is 0 Å². The molecule has 0 spiro atoms. The van der Waals surface area contributed by atoms with E-state index in [0.29, 0.717) is 18.9 Å². The van der Waals surface area contributed by atoms with Crippen molar-refractivity contribution < 1.29 is 9.53 Å². The molecule has 0 aromatic carbocycles. The van der Waals surface area contributed by atoms with Crippen molar-refractivity contribution in [2.45, 2.75) is 32.8 Å². The number of ketones is 1. The van der Waals surface area contributed by atoms with Gasteiger partial charge in [-0.05, 0) is 19.8 Å². The zero-order valence-corrected chi connectivity index (χ0v) is 6.81. The van der Waals surface area contributed by atoms with E-state index in [4.69, 9.17) is 4.74 Å². The molecule has 0 N–H and O–H groups in total. The molecule has 1 saturated heterocycles.